The standard InChI is InChI=1S/C7H8O5S2.Na.H/c8-14(9,10)4-5-1-11-6-2-13-3-7(6)12-5;;/h2-3,5H,1,4H2,(H,8,9,10);;/q;+1;-1. The molecule has 2 heterocycles. The number of hydrogen-bond acceptors (Lipinski definition) is 5. The largest absolute Gasteiger partial charge is 1.00 e. The van der Waals surface area contributed by atoms with E-state index in [0.717, 1.165) is 0 Å². The van der Waals surface area contributed by atoms with Crippen molar-refractivity contribution in [2.24, 2.45) is 0 Å². The summed E-state index contributed by atoms with van der Waals surface area (Å²) in [6.07, 6.45) is -0.632. The monoisotopic (exact) mass is 260 g/mol. The number of thiophene rings is 1. The van der Waals surface area contributed by atoms with Gasteiger partial charge < -0.3 is 10.9 Å². The van der Waals surface area contributed by atoms with Crippen LogP contribution in [0, 0.1) is 0 Å². The fourth-order valence-corrected chi connectivity index (χ4v) is 2.48. The Morgan fingerprint density at radius 1 is 1.53 bits per heavy atom. The summed E-state index contributed by atoms with van der Waals surface area (Å²) in [5.74, 6) is 0.721. The van der Waals surface area contributed by atoms with E-state index < -0.39 is 22.0 Å². The van der Waals surface area contributed by atoms with Gasteiger partial charge in [0.25, 0.3) is 10.1 Å². The van der Waals surface area contributed by atoms with Crippen LogP contribution < -0.4 is 39.0 Å². The zero-order chi connectivity index (χ0) is 10.2. The summed E-state index contributed by atoms with van der Waals surface area (Å²) in [5.41, 5.74) is 0. The van der Waals surface area contributed by atoms with Crippen molar-refractivity contribution >= 4 is 21.5 Å². The Kier molecular flexibility index (Phi) is 4.45. The maximum absolute atomic E-state index is 10.6. The summed E-state index contributed by atoms with van der Waals surface area (Å²) >= 11 is 1.41. The summed E-state index contributed by atoms with van der Waals surface area (Å²) in [5, 5.41) is 3.50. The molecule has 0 fully saturated rings. The number of fused-ring (bicyclic) bond motifs is 1. The molecule has 1 N–H and O–H groups in total. The van der Waals surface area contributed by atoms with Crippen LogP contribution in [0.4, 0.5) is 0 Å². The van der Waals surface area contributed by atoms with Crippen LogP contribution in [0.3, 0.4) is 0 Å². The second-order valence-electron chi connectivity index (χ2n) is 2.90. The van der Waals surface area contributed by atoms with Crippen molar-refractivity contribution in [3.8, 4) is 11.5 Å². The minimum Gasteiger partial charge on any atom is -1.00 e. The van der Waals surface area contributed by atoms with E-state index in [4.69, 9.17) is 14.0 Å². The van der Waals surface area contributed by atoms with Crippen molar-refractivity contribution in [2.75, 3.05) is 12.4 Å². The fourth-order valence-electron chi connectivity index (χ4n) is 1.18. The first-order valence-corrected chi connectivity index (χ1v) is 6.40. The van der Waals surface area contributed by atoms with Gasteiger partial charge in [-0.3, -0.25) is 4.55 Å². The van der Waals surface area contributed by atoms with Gasteiger partial charge in [-0.25, -0.2) is 0 Å². The van der Waals surface area contributed by atoms with Crippen molar-refractivity contribution in [2.45, 2.75) is 6.10 Å². The van der Waals surface area contributed by atoms with Gasteiger partial charge in [0, 0.05) is 10.8 Å². The van der Waals surface area contributed by atoms with E-state index in [1.54, 1.807) is 10.8 Å². The van der Waals surface area contributed by atoms with E-state index in [0.29, 0.717) is 11.5 Å². The molecule has 1 unspecified atom stereocenters. The molecule has 1 aromatic rings. The van der Waals surface area contributed by atoms with Crippen molar-refractivity contribution in [3.05, 3.63) is 10.8 Å². The molecule has 0 saturated heterocycles. The summed E-state index contributed by atoms with van der Waals surface area (Å²) in [6.45, 7) is 0.142. The molecule has 0 saturated carbocycles. The van der Waals surface area contributed by atoms with Crippen molar-refractivity contribution < 1.29 is 53.4 Å². The number of hydrogen-bond donors (Lipinski definition) is 1. The van der Waals surface area contributed by atoms with Gasteiger partial charge in [-0.1, -0.05) is 0 Å². The molecule has 0 aromatic carbocycles. The van der Waals surface area contributed by atoms with Crippen LogP contribution in [0.2, 0.25) is 0 Å². The maximum Gasteiger partial charge on any atom is 1.00 e. The van der Waals surface area contributed by atoms with Crippen molar-refractivity contribution in [3.63, 3.8) is 0 Å². The van der Waals surface area contributed by atoms with Gasteiger partial charge in [-0.2, -0.15) is 8.42 Å². The molecule has 0 amide bonds. The molecule has 1 atom stereocenters. The van der Waals surface area contributed by atoms with Crippen LogP contribution in [-0.2, 0) is 10.1 Å². The van der Waals surface area contributed by atoms with Crippen LogP contribution in [0.5, 0.6) is 11.5 Å². The van der Waals surface area contributed by atoms with Crippen LogP contribution in [0.1, 0.15) is 1.43 Å². The molecule has 0 aliphatic carbocycles. The van der Waals surface area contributed by atoms with E-state index in [1.165, 1.54) is 11.3 Å². The number of rotatable bonds is 2. The predicted octanol–water partition coefficient (Wildman–Crippen LogP) is -2.11. The van der Waals surface area contributed by atoms with Gasteiger partial charge in [0.1, 0.15) is 18.5 Å². The minimum atomic E-state index is -4.01. The molecule has 0 radical (unpaired) electrons. The molecule has 5 nitrogen and oxygen atoms in total. The fraction of sp³-hybridized carbons (Fsp3) is 0.429. The van der Waals surface area contributed by atoms with Crippen LogP contribution in [0.25, 0.3) is 0 Å². The van der Waals surface area contributed by atoms with E-state index in [9.17, 15) is 8.42 Å². The van der Waals surface area contributed by atoms with Gasteiger partial charge in [-0.05, 0) is 0 Å². The van der Waals surface area contributed by atoms with Gasteiger partial charge in [0.2, 0.25) is 0 Å². The Labute approximate surface area is 115 Å². The Bertz CT molecular complexity index is 432. The molecule has 80 valence electrons. The Morgan fingerprint density at radius 2 is 2.20 bits per heavy atom. The third-order valence-electron chi connectivity index (χ3n) is 1.71. The summed E-state index contributed by atoms with van der Waals surface area (Å²) in [4.78, 5) is 0. The Hall–Kier alpha value is 0.210. The average Bonchev–Trinajstić information content (AvgIpc) is 2.47. The maximum atomic E-state index is 10.6. The number of ether oxygens (including phenoxy) is 2. The van der Waals surface area contributed by atoms with E-state index in [2.05, 4.69) is 0 Å². The predicted molar refractivity (Wildman–Crippen MR) is 51.8 cm³/mol. The minimum absolute atomic E-state index is 0. The first-order chi connectivity index (χ1) is 6.54. The third-order valence-corrected chi connectivity index (χ3v) is 3.20. The third kappa shape index (κ3) is 3.61. The van der Waals surface area contributed by atoms with Crippen molar-refractivity contribution in [1.29, 1.82) is 0 Å². The first-order valence-electron chi connectivity index (χ1n) is 3.85. The quantitative estimate of drug-likeness (QED) is 0.487. The van der Waals surface area contributed by atoms with Crippen LogP contribution in [-0.4, -0.2) is 31.4 Å². The van der Waals surface area contributed by atoms with E-state index >= 15 is 0 Å². The molecule has 2 rings (SSSR count). The normalized spacial score (nSPS) is 19.4. The second kappa shape index (κ2) is 5.03. The zero-order valence-corrected chi connectivity index (χ0v) is 11.7. The van der Waals surface area contributed by atoms with E-state index in [-0.39, 0.29) is 37.6 Å². The second-order valence-corrected chi connectivity index (χ2v) is 5.14. The van der Waals surface area contributed by atoms with Crippen LogP contribution >= 0.6 is 11.3 Å². The van der Waals surface area contributed by atoms with Gasteiger partial charge >= 0.3 is 29.6 Å². The van der Waals surface area contributed by atoms with Crippen molar-refractivity contribution in [1.82, 2.24) is 0 Å². The Balaban J connectivity index is 0.00000112. The topological polar surface area (TPSA) is 72.8 Å². The molecule has 8 heteroatoms. The summed E-state index contributed by atoms with van der Waals surface area (Å²) < 4.78 is 40.3. The first kappa shape index (κ1) is 13.3. The van der Waals surface area contributed by atoms with Gasteiger partial charge in [0.05, 0.1) is 0 Å². The molecule has 0 bridgehead atoms. The van der Waals surface area contributed by atoms with Gasteiger partial charge in [-0.15, -0.1) is 11.3 Å². The zero-order valence-electron chi connectivity index (χ0n) is 9.04. The smallest absolute Gasteiger partial charge is 1.00 e. The summed E-state index contributed by atoms with van der Waals surface area (Å²) in [6, 6.07) is 0. The molecule has 1 aliphatic heterocycles. The average molecular weight is 260 g/mol. The molecular formula is C7H9NaO5S2. The molecule has 0 spiro atoms. The molecule has 1 aliphatic rings. The van der Waals surface area contributed by atoms with Crippen LogP contribution in [0.15, 0.2) is 10.8 Å². The van der Waals surface area contributed by atoms with E-state index in [1.807, 2.05) is 0 Å². The van der Waals surface area contributed by atoms with Gasteiger partial charge in [0.15, 0.2) is 11.5 Å². The summed E-state index contributed by atoms with van der Waals surface area (Å²) in [7, 11) is -4.01. The SMILES string of the molecule is O=S(=O)(O)CC1COc2cscc2O1.[H-].[Na+]. The molecular weight excluding hydrogens is 251 g/mol. The molecule has 15 heavy (non-hydrogen) atoms. The molecule has 1 aromatic heterocycles. The Morgan fingerprint density at radius 3 is 2.87 bits per heavy atom.